The monoisotopic (exact) mass is 372 g/mol. The fourth-order valence-electron chi connectivity index (χ4n) is 3.41. The van der Waals surface area contributed by atoms with E-state index < -0.39 is 0 Å². The molecule has 0 saturated heterocycles. The first-order valence-electron chi connectivity index (χ1n) is 9.78. The van der Waals surface area contributed by atoms with Gasteiger partial charge in [-0.05, 0) is 43.4 Å². The molecule has 1 aromatic carbocycles. The van der Waals surface area contributed by atoms with Crippen LogP contribution < -0.4 is 10.6 Å². The fourth-order valence-corrected chi connectivity index (χ4v) is 3.41. The first-order chi connectivity index (χ1) is 13.2. The maximum Gasteiger partial charge on any atom is 0.191 e. The Morgan fingerprint density at radius 3 is 2.93 bits per heavy atom. The third kappa shape index (κ3) is 5.28. The summed E-state index contributed by atoms with van der Waals surface area (Å²) in [5.74, 6) is 2.81. The van der Waals surface area contributed by atoms with Gasteiger partial charge in [0.05, 0.1) is 0 Å². The summed E-state index contributed by atoms with van der Waals surface area (Å²) in [5.41, 5.74) is 1.69. The molecule has 0 saturated carbocycles. The Balaban J connectivity index is 1.42. The van der Waals surface area contributed by atoms with E-state index >= 15 is 0 Å². The quantitative estimate of drug-likeness (QED) is 0.465. The molecule has 2 heterocycles. The van der Waals surface area contributed by atoms with Gasteiger partial charge in [0.25, 0.3) is 0 Å². The summed E-state index contributed by atoms with van der Waals surface area (Å²) in [6.45, 7) is 4.24. The van der Waals surface area contributed by atoms with Crippen molar-refractivity contribution in [3.05, 3.63) is 46.8 Å². The molecule has 0 atom stereocenters. The van der Waals surface area contributed by atoms with Crippen LogP contribution in [-0.4, -0.2) is 34.3 Å². The third-order valence-corrected chi connectivity index (χ3v) is 4.96. The number of nitrogens with zero attached hydrogens (tertiary/aromatic N) is 4. The van der Waals surface area contributed by atoms with Crippen molar-refractivity contribution in [2.75, 3.05) is 13.6 Å². The Morgan fingerprint density at radius 2 is 2.11 bits per heavy atom. The van der Waals surface area contributed by atoms with E-state index in [1.54, 1.807) is 20.0 Å². The van der Waals surface area contributed by atoms with E-state index in [0.29, 0.717) is 12.1 Å². The second-order valence-corrected chi connectivity index (χ2v) is 7.03. The van der Waals surface area contributed by atoms with Crippen molar-refractivity contribution < 1.29 is 4.39 Å². The molecule has 0 aliphatic carbocycles. The normalized spacial score (nSPS) is 14.6. The molecule has 0 unspecified atom stereocenters. The van der Waals surface area contributed by atoms with Crippen molar-refractivity contribution in [1.29, 1.82) is 0 Å². The summed E-state index contributed by atoms with van der Waals surface area (Å²) in [4.78, 5) is 4.25. The molecule has 6 nitrogen and oxygen atoms in total. The van der Waals surface area contributed by atoms with Crippen LogP contribution in [0.15, 0.2) is 23.2 Å². The van der Waals surface area contributed by atoms with Crippen LogP contribution in [0.5, 0.6) is 0 Å². The largest absolute Gasteiger partial charge is 0.356 e. The minimum Gasteiger partial charge on any atom is -0.356 e. The van der Waals surface area contributed by atoms with Gasteiger partial charge in [-0.2, -0.15) is 0 Å². The summed E-state index contributed by atoms with van der Waals surface area (Å²) in [6, 6.07) is 5.15. The lowest BCUT2D eigenvalue weighted by atomic mass is 10.1. The molecule has 1 aliphatic heterocycles. The molecule has 27 heavy (non-hydrogen) atoms. The maximum absolute atomic E-state index is 13.3. The van der Waals surface area contributed by atoms with Crippen LogP contribution in [0.3, 0.4) is 0 Å². The number of aromatic nitrogens is 3. The highest BCUT2D eigenvalue weighted by molar-refractivity contribution is 5.79. The second kappa shape index (κ2) is 9.48. The van der Waals surface area contributed by atoms with Crippen LogP contribution in [0, 0.1) is 12.7 Å². The average Bonchev–Trinajstić information content (AvgIpc) is 2.90. The molecule has 3 rings (SSSR count). The van der Waals surface area contributed by atoms with Crippen molar-refractivity contribution in [2.45, 2.75) is 58.5 Å². The summed E-state index contributed by atoms with van der Waals surface area (Å²) < 4.78 is 15.6. The minimum absolute atomic E-state index is 0.173. The third-order valence-electron chi connectivity index (χ3n) is 4.96. The number of guanidine groups is 1. The van der Waals surface area contributed by atoms with E-state index in [9.17, 15) is 4.39 Å². The molecule has 7 heteroatoms. The smallest absolute Gasteiger partial charge is 0.191 e. The lowest BCUT2D eigenvalue weighted by molar-refractivity contribution is 0.594. The number of nitrogens with one attached hydrogen (secondary N) is 2. The molecule has 2 N–H and O–H groups in total. The number of hydrogen-bond acceptors (Lipinski definition) is 3. The van der Waals surface area contributed by atoms with Crippen LogP contribution in [0.25, 0.3) is 0 Å². The van der Waals surface area contributed by atoms with Crippen LogP contribution in [-0.2, 0) is 25.9 Å². The highest BCUT2D eigenvalue weighted by Crippen LogP contribution is 2.15. The Morgan fingerprint density at radius 1 is 1.22 bits per heavy atom. The van der Waals surface area contributed by atoms with Crippen LogP contribution >= 0.6 is 0 Å². The van der Waals surface area contributed by atoms with Gasteiger partial charge in [0.2, 0.25) is 0 Å². The predicted octanol–water partition coefficient (Wildman–Crippen LogP) is 2.75. The van der Waals surface area contributed by atoms with Gasteiger partial charge < -0.3 is 15.2 Å². The highest BCUT2D eigenvalue weighted by Gasteiger charge is 2.14. The van der Waals surface area contributed by atoms with E-state index in [-0.39, 0.29) is 5.82 Å². The van der Waals surface area contributed by atoms with Gasteiger partial charge in [0.15, 0.2) is 5.96 Å². The van der Waals surface area contributed by atoms with E-state index in [0.717, 1.165) is 55.5 Å². The molecule has 0 radical (unpaired) electrons. The van der Waals surface area contributed by atoms with Gasteiger partial charge in [-0.25, -0.2) is 4.39 Å². The van der Waals surface area contributed by atoms with Crippen molar-refractivity contribution in [2.24, 2.45) is 4.99 Å². The van der Waals surface area contributed by atoms with E-state index in [2.05, 4.69) is 30.4 Å². The van der Waals surface area contributed by atoms with Gasteiger partial charge in [-0.3, -0.25) is 4.99 Å². The molecular formula is C20H29FN6. The molecule has 0 amide bonds. The topological polar surface area (TPSA) is 67.1 Å². The Hall–Kier alpha value is -2.44. The zero-order valence-corrected chi connectivity index (χ0v) is 16.3. The number of fused-ring (bicyclic) bond motifs is 1. The number of aryl methyl sites for hydroxylation is 3. The first kappa shape index (κ1) is 19.3. The van der Waals surface area contributed by atoms with Gasteiger partial charge in [0, 0.05) is 39.5 Å². The van der Waals surface area contributed by atoms with E-state index in [4.69, 9.17) is 0 Å². The van der Waals surface area contributed by atoms with Crippen LogP contribution in [0.2, 0.25) is 0 Å². The lowest BCUT2D eigenvalue weighted by Gasteiger charge is -2.12. The fraction of sp³-hybridized carbons (Fsp3) is 0.550. The van der Waals surface area contributed by atoms with E-state index in [1.807, 2.05) is 6.07 Å². The summed E-state index contributed by atoms with van der Waals surface area (Å²) >= 11 is 0. The van der Waals surface area contributed by atoms with Crippen molar-refractivity contribution in [1.82, 2.24) is 25.4 Å². The second-order valence-electron chi connectivity index (χ2n) is 7.03. The average molecular weight is 372 g/mol. The SMILES string of the molecule is CN=C(NCCCc1nnc2n1CCCCC2)NCc1ccc(F)c(C)c1. The van der Waals surface area contributed by atoms with Crippen LogP contribution in [0.4, 0.5) is 4.39 Å². The van der Waals surface area contributed by atoms with Crippen molar-refractivity contribution in [3.8, 4) is 0 Å². The Labute approximate surface area is 160 Å². The molecule has 1 aliphatic rings. The Kier molecular flexibility index (Phi) is 6.79. The summed E-state index contributed by atoms with van der Waals surface area (Å²) in [5, 5.41) is 15.3. The summed E-state index contributed by atoms with van der Waals surface area (Å²) in [6.07, 6.45) is 6.64. The van der Waals surface area contributed by atoms with Crippen molar-refractivity contribution >= 4 is 5.96 Å². The molecule has 1 aromatic heterocycles. The molecule has 146 valence electrons. The molecular weight excluding hydrogens is 343 g/mol. The van der Waals surface area contributed by atoms with Gasteiger partial charge in [-0.1, -0.05) is 18.6 Å². The number of benzene rings is 1. The number of aliphatic imine (C=N–C) groups is 1. The number of halogens is 1. The zero-order chi connectivity index (χ0) is 19.1. The minimum atomic E-state index is -0.173. The number of hydrogen-bond donors (Lipinski definition) is 2. The van der Waals surface area contributed by atoms with Gasteiger partial charge in [0.1, 0.15) is 17.5 Å². The van der Waals surface area contributed by atoms with E-state index in [1.165, 1.54) is 25.3 Å². The first-order valence-corrected chi connectivity index (χ1v) is 9.78. The standard InChI is InChI=1S/C20H29FN6/c1-15-13-16(9-10-17(15)21)14-24-20(22-2)23-11-6-8-19-26-25-18-7-4-3-5-12-27(18)19/h9-10,13H,3-8,11-12,14H2,1-2H3,(H2,22,23,24). The Bertz CT molecular complexity index is 783. The van der Waals surface area contributed by atoms with Gasteiger partial charge in [-0.15, -0.1) is 10.2 Å². The summed E-state index contributed by atoms with van der Waals surface area (Å²) in [7, 11) is 1.75. The molecule has 0 fully saturated rings. The number of rotatable bonds is 6. The van der Waals surface area contributed by atoms with Crippen LogP contribution in [0.1, 0.15) is 48.5 Å². The molecule has 2 aromatic rings. The van der Waals surface area contributed by atoms with Crippen molar-refractivity contribution in [3.63, 3.8) is 0 Å². The predicted molar refractivity (Wildman–Crippen MR) is 105 cm³/mol. The zero-order valence-electron chi connectivity index (χ0n) is 16.3. The maximum atomic E-state index is 13.3. The van der Waals surface area contributed by atoms with Gasteiger partial charge >= 0.3 is 0 Å². The highest BCUT2D eigenvalue weighted by atomic mass is 19.1. The molecule has 0 spiro atoms. The molecule has 0 bridgehead atoms. The lowest BCUT2D eigenvalue weighted by Crippen LogP contribution is -2.37.